The first-order valence-corrected chi connectivity index (χ1v) is 7.64. The van der Waals surface area contributed by atoms with Crippen LogP contribution in [0.5, 0.6) is 0 Å². The van der Waals surface area contributed by atoms with Gasteiger partial charge in [0.2, 0.25) is 0 Å². The van der Waals surface area contributed by atoms with Crippen molar-refractivity contribution in [3.8, 4) is 0 Å². The van der Waals surface area contributed by atoms with Crippen LogP contribution < -0.4 is 10.6 Å². The molecule has 23 heavy (non-hydrogen) atoms. The van der Waals surface area contributed by atoms with E-state index in [9.17, 15) is 8.78 Å². The van der Waals surface area contributed by atoms with Gasteiger partial charge >= 0.3 is 0 Å². The smallest absolute Gasteiger partial charge is 0.275 e. The van der Waals surface area contributed by atoms with Gasteiger partial charge in [-0.25, -0.2) is 8.78 Å². The second kappa shape index (κ2) is 8.43. The second-order valence-corrected chi connectivity index (χ2v) is 6.19. The third kappa shape index (κ3) is 5.15. The Balaban J connectivity index is 0.00000132. The molecule has 130 valence electrons. The highest BCUT2D eigenvalue weighted by molar-refractivity contribution is 5.85. The highest BCUT2D eigenvalue weighted by Crippen LogP contribution is 2.39. The molecule has 2 nitrogen and oxygen atoms in total. The van der Waals surface area contributed by atoms with Crippen molar-refractivity contribution in [2.75, 3.05) is 13.1 Å². The van der Waals surface area contributed by atoms with Crippen LogP contribution in [0.15, 0.2) is 35.9 Å². The fraction of sp³-hybridized carbons (Fsp3) is 0.529. The standard InChI is InChI=1S/C17H22F2N2.2ClH/c1-12(9-13-5-3-2-4-6-13)14-10-15(14)21-16-7-8-20-11-17(16,18)19;;/h2-6,9,14-16,20-21H,7-8,10-11H2,1H3;2*1H/b12-9+;;. The minimum Gasteiger partial charge on any atom is -0.311 e. The van der Waals surface area contributed by atoms with E-state index in [2.05, 4.69) is 35.8 Å². The molecule has 1 aromatic carbocycles. The van der Waals surface area contributed by atoms with Gasteiger partial charge in [-0.05, 0) is 37.8 Å². The summed E-state index contributed by atoms with van der Waals surface area (Å²) in [6, 6.07) is 9.67. The minimum atomic E-state index is -2.64. The molecule has 1 saturated heterocycles. The Kier molecular flexibility index (Phi) is 7.46. The summed E-state index contributed by atoms with van der Waals surface area (Å²) in [6.45, 7) is 2.56. The maximum absolute atomic E-state index is 13.8. The fourth-order valence-electron chi connectivity index (χ4n) is 3.10. The SMILES string of the molecule is C/C(=C\c1ccccc1)C1CC1NC1CCNCC1(F)F.Cl.Cl. The van der Waals surface area contributed by atoms with Crippen LogP contribution in [0.25, 0.3) is 6.08 Å². The lowest BCUT2D eigenvalue weighted by Crippen LogP contribution is -2.56. The summed E-state index contributed by atoms with van der Waals surface area (Å²) < 4.78 is 27.6. The van der Waals surface area contributed by atoms with Crippen molar-refractivity contribution in [2.45, 2.75) is 37.8 Å². The van der Waals surface area contributed by atoms with E-state index in [1.807, 2.05) is 18.2 Å². The van der Waals surface area contributed by atoms with Crippen molar-refractivity contribution in [3.05, 3.63) is 41.5 Å². The van der Waals surface area contributed by atoms with E-state index in [0.29, 0.717) is 18.9 Å². The van der Waals surface area contributed by atoms with Gasteiger partial charge in [-0.1, -0.05) is 42.0 Å². The van der Waals surface area contributed by atoms with Gasteiger partial charge in [-0.2, -0.15) is 0 Å². The van der Waals surface area contributed by atoms with Crippen LogP contribution in [-0.2, 0) is 0 Å². The third-order valence-corrected chi connectivity index (χ3v) is 4.46. The van der Waals surface area contributed by atoms with E-state index in [1.165, 1.54) is 11.1 Å². The third-order valence-electron chi connectivity index (χ3n) is 4.46. The maximum atomic E-state index is 13.8. The molecule has 2 N–H and O–H groups in total. The summed E-state index contributed by atoms with van der Waals surface area (Å²) in [4.78, 5) is 0. The number of hydrogen-bond donors (Lipinski definition) is 2. The van der Waals surface area contributed by atoms with E-state index < -0.39 is 12.0 Å². The number of benzene rings is 1. The molecule has 1 aromatic rings. The van der Waals surface area contributed by atoms with Crippen LogP contribution in [0.1, 0.15) is 25.3 Å². The quantitative estimate of drug-likeness (QED) is 0.846. The lowest BCUT2D eigenvalue weighted by molar-refractivity contribution is -0.0520. The summed E-state index contributed by atoms with van der Waals surface area (Å²) in [5.74, 6) is -2.24. The zero-order chi connectivity index (χ0) is 14.9. The predicted octanol–water partition coefficient (Wildman–Crippen LogP) is 3.91. The zero-order valence-corrected chi connectivity index (χ0v) is 14.7. The van der Waals surface area contributed by atoms with Gasteiger partial charge in [-0.15, -0.1) is 24.8 Å². The summed E-state index contributed by atoms with van der Waals surface area (Å²) in [5.41, 5.74) is 2.45. The molecular weight excluding hydrogens is 341 g/mol. The van der Waals surface area contributed by atoms with Crippen molar-refractivity contribution in [1.29, 1.82) is 0 Å². The van der Waals surface area contributed by atoms with Crippen LogP contribution in [0.3, 0.4) is 0 Å². The van der Waals surface area contributed by atoms with Crippen molar-refractivity contribution >= 4 is 30.9 Å². The molecule has 3 rings (SSSR count). The first-order chi connectivity index (χ1) is 10.1. The minimum absolute atomic E-state index is 0. The van der Waals surface area contributed by atoms with Gasteiger partial charge in [0.05, 0.1) is 12.6 Å². The van der Waals surface area contributed by atoms with Gasteiger partial charge < -0.3 is 10.6 Å². The number of hydrogen-bond acceptors (Lipinski definition) is 2. The summed E-state index contributed by atoms with van der Waals surface area (Å²) in [5, 5.41) is 5.93. The maximum Gasteiger partial charge on any atom is 0.275 e. The van der Waals surface area contributed by atoms with Crippen molar-refractivity contribution in [3.63, 3.8) is 0 Å². The Bertz CT molecular complexity index is 523. The fourth-order valence-corrected chi connectivity index (χ4v) is 3.10. The monoisotopic (exact) mass is 364 g/mol. The van der Waals surface area contributed by atoms with Gasteiger partial charge in [0.15, 0.2) is 0 Å². The molecule has 0 spiro atoms. The topological polar surface area (TPSA) is 24.1 Å². The molecule has 0 radical (unpaired) electrons. The van der Waals surface area contributed by atoms with Crippen LogP contribution in [0.2, 0.25) is 0 Å². The molecule has 2 aliphatic rings. The molecule has 0 amide bonds. The Morgan fingerprint density at radius 3 is 2.61 bits per heavy atom. The number of alkyl halides is 2. The van der Waals surface area contributed by atoms with Crippen molar-refractivity contribution in [2.24, 2.45) is 5.92 Å². The average molecular weight is 365 g/mol. The highest BCUT2D eigenvalue weighted by Gasteiger charge is 2.47. The van der Waals surface area contributed by atoms with Gasteiger partial charge in [-0.3, -0.25) is 0 Å². The lowest BCUT2D eigenvalue weighted by Gasteiger charge is -2.32. The number of rotatable bonds is 4. The molecule has 3 atom stereocenters. The molecule has 3 unspecified atom stereocenters. The molecular formula is C17H24Cl2F2N2. The molecule has 0 aromatic heterocycles. The Hall–Kier alpha value is -0.680. The molecule has 1 aliphatic carbocycles. The molecule has 6 heteroatoms. The largest absolute Gasteiger partial charge is 0.311 e. The average Bonchev–Trinajstić information content (AvgIpc) is 3.22. The summed E-state index contributed by atoms with van der Waals surface area (Å²) in [6.07, 6.45) is 3.62. The van der Waals surface area contributed by atoms with Gasteiger partial charge in [0.25, 0.3) is 5.92 Å². The van der Waals surface area contributed by atoms with E-state index in [1.54, 1.807) is 0 Å². The molecule has 2 fully saturated rings. The van der Waals surface area contributed by atoms with E-state index in [0.717, 1.165) is 6.42 Å². The van der Waals surface area contributed by atoms with Gasteiger partial charge in [0, 0.05) is 6.04 Å². The Labute approximate surface area is 148 Å². The molecule has 1 heterocycles. The predicted molar refractivity (Wildman–Crippen MR) is 95.8 cm³/mol. The molecule has 1 aliphatic heterocycles. The second-order valence-electron chi connectivity index (χ2n) is 6.19. The van der Waals surface area contributed by atoms with Crippen LogP contribution in [-0.4, -0.2) is 31.1 Å². The van der Waals surface area contributed by atoms with Crippen molar-refractivity contribution in [1.82, 2.24) is 10.6 Å². The van der Waals surface area contributed by atoms with Crippen molar-refractivity contribution < 1.29 is 8.78 Å². The van der Waals surface area contributed by atoms with Crippen LogP contribution in [0, 0.1) is 5.92 Å². The lowest BCUT2D eigenvalue weighted by atomic mass is 10.0. The number of piperidine rings is 1. The first kappa shape index (κ1) is 20.4. The Morgan fingerprint density at radius 1 is 1.26 bits per heavy atom. The van der Waals surface area contributed by atoms with E-state index >= 15 is 0 Å². The Morgan fingerprint density at radius 2 is 1.96 bits per heavy atom. The highest BCUT2D eigenvalue weighted by atomic mass is 35.5. The summed E-state index contributed by atoms with van der Waals surface area (Å²) >= 11 is 0. The molecule has 1 saturated carbocycles. The summed E-state index contributed by atoms with van der Waals surface area (Å²) in [7, 11) is 0. The zero-order valence-electron chi connectivity index (χ0n) is 13.1. The van der Waals surface area contributed by atoms with E-state index in [4.69, 9.17) is 0 Å². The van der Waals surface area contributed by atoms with E-state index in [-0.39, 0.29) is 37.4 Å². The number of halogens is 4. The first-order valence-electron chi connectivity index (χ1n) is 7.64. The number of nitrogens with one attached hydrogen (secondary N) is 2. The van der Waals surface area contributed by atoms with Crippen LogP contribution in [0.4, 0.5) is 8.78 Å². The molecule has 0 bridgehead atoms. The van der Waals surface area contributed by atoms with Crippen LogP contribution >= 0.6 is 24.8 Å². The van der Waals surface area contributed by atoms with Gasteiger partial charge in [0.1, 0.15) is 0 Å². The normalized spacial score (nSPS) is 29.2.